The minimum absolute atomic E-state index is 0.246. The van der Waals surface area contributed by atoms with Gasteiger partial charge in [-0.1, -0.05) is 0 Å². The molecular formula is C21H27N5O4. The van der Waals surface area contributed by atoms with Gasteiger partial charge in [-0.25, -0.2) is 4.98 Å². The lowest BCUT2D eigenvalue weighted by molar-refractivity contribution is 0.144. The van der Waals surface area contributed by atoms with Gasteiger partial charge in [-0.2, -0.15) is 4.98 Å². The van der Waals surface area contributed by atoms with E-state index in [9.17, 15) is 0 Å². The molecule has 160 valence electrons. The Labute approximate surface area is 175 Å². The summed E-state index contributed by atoms with van der Waals surface area (Å²) in [6, 6.07) is 3.99. The molecule has 9 heteroatoms. The number of ether oxygens (including phenoxy) is 4. The Morgan fingerprint density at radius 2 is 1.93 bits per heavy atom. The number of nitrogens with two attached hydrogens (primary N) is 1. The Morgan fingerprint density at radius 1 is 1.07 bits per heavy atom. The van der Waals surface area contributed by atoms with Crippen molar-refractivity contribution in [2.24, 2.45) is 0 Å². The first-order valence-corrected chi connectivity index (χ1v) is 9.97. The molecule has 0 unspecified atom stereocenters. The van der Waals surface area contributed by atoms with Gasteiger partial charge >= 0.3 is 0 Å². The standard InChI is InChI=1S/C21H27N5O4/c1-27-7-8-30-18-10-16-14(9-17(18)29-3)19-15(11-23-16)20(22)25-21(24-19)26-6-4-5-13(26)12-28-2/h9-11,13H,4-8,12H2,1-3H3,(H2,22,24,25)/t13-/m1/s1. The second kappa shape index (κ2) is 8.85. The summed E-state index contributed by atoms with van der Waals surface area (Å²) in [4.78, 5) is 16.2. The number of nitrogen functional groups attached to an aromatic ring is 1. The minimum Gasteiger partial charge on any atom is -0.493 e. The zero-order valence-corrected chi connectivity index (χ0v) is 17.6. The van der Waals surface area contributed by atoms with Crippen molar-refractivity contribution in [2.45, 2.75) is 18.9 Å². The smallest absolute Gasteiger partial charge is 0.228 e. The largest absolute Gasteiger partial charge is 0.493 e. The highest BCUT2D eigenvalue weighted by molar-refractivity contribution is 6.07. The van der Waals surface area contributed by atoms with Gasteiger partial charge in [-0.15, -0.1) is 0 Å². The summed E-state index contributed by atoms with van der Waals surface area (Å²) < 4.78 is 21.8. The Balaban J connectivity index is 1.82. The summed E-state index contributed by atoms with van der Waals surface area (Å²) in [5.41, 5.74) is 7.79. The highest BCUT2D eigenvalue weighted by atomic mass is 16.5. The van der Waals surface area contributed by atoms with Gasteiger partial charge in [-0.05, 0) is 18.9 Å². The van der Waals surface area contributed by atoms with Crippen molar-refractivity contribution in [3.05, 3.63) is 18.3 Å². The highest BCUT2D eigenvalue weighted by Gasteiger charge is 2.27. The van der Waals surface area contributed by atoms with Crippen molar-refractivity contribution in [1.82, 2.24) is 15.0 Å². The molecule has 0 radical (unpaired) electrons. The Hall–Kier alpha value is -2.91. The van der Waals surface area contributed by atoms with E-state index in [2.05, 4.69) is 14.9 Å². The van der Waals surface area contributed by atoms with Crippen molar-refractivity contribution in [3.8, 4) is 11.5 Å². The summed E-state index contributed by atoms with van der Waals surface area (Å²) in [6.07, 6.45) is 3.82. The van der Waals surface area contributed by atoms with Gasteiger partial charge in [0.1, 0.15) is 12.4 Å². The number of nitrogens with zero attached hydrogens (tertiary/aromatic N) is 4. The summed E-state index contributed by atoms with van der Waals surface area (Å²) in [5, 5.41) is 1.55. The fourth-order valence-electron chi connectivity index (χ4n) is 3.89. The van der Waals surface area contributed by atoms with E-state index < -0.39 is 0 Å². The molecule has 3 aromatic rings. The third kappa shape index (κ3) is 3.78. The molecule has 0 bridgehead atoms. The van der Waals surface area contributed by atoms with Gasteiger partial charge in [0.25, 0.3) is 0 Å². The predicted octanol–water partition coefficient (Wildman–Crippen LogP) is 2.41. The van der Waals surface area contributed by atoms with Crippen LogP contribution in [0.2, 0.25) is 0 Å². The van der Waals surface area contributed by atoms with E-state index >= 15 is 0 Å². The van der Waals surface area contributed by atoms with Crippen LogP contribution in [0.3, 0.4) is 0 Å². The van der Waals surface area contributed by atoms with E-state index in [-0.39, 0.29) is 6.04 Å². The molecule has 1 aliphatic rings. The van der Waals surface area contributed by atoms with Crippen LogP contribution in [0.4, 0.5) is 11.8 Å². The molecule has 1 saturated heterocycles. The molecular weight excluding hydrogens is 386 g/mol. The molecule has 1 aliphatic heterocycles. The maximum Gasteiger partial charge on any atom is 0.228 e. The Bertz CT molecular complexity index is 1040. The molecule has 2 N–H and O–H groups in total. The van der Waals surface area contributed by atoms with E-state index in [0.717, 1.165) is 35.8 Å². The normalized spacial score (nSPS) is 16.5. The molecule has 0 saturated carbocycles. The fourth-order valence-corrected chi connectivity index (χ4v) is 3.89. The first kappa shape index (κ1) is 20.4. The number of rotatable bonds is 8. The fraction of sp³-hybridized carbons (Fsp3) is 0.476. The molecule has 0 aliphatic carbocycles. The van der Waals surface area contributed by atoms with Gasteiger partial charge in [0.15, 0.2) is 11.5 Å². The third-order valence-electron chi connectivity index (χ3n) is 5.37. The van der Waals surface area contributed by atoms with Crippen LogP contribution < -0.4 is 20.1 Å². The molecule has 4 rings (SSSR count). The molecule has 0 spiro atoms. The minimum atomic E-state index is 0.246. The number of fused-ring (bicyclic) bond motifs is 3. The average molecular weight is 413 g/mol. The van der Waals surface area contributed by atoms with E-state index in [1.165, 1.54) is 0 Å². The Kier molecular flexibility index (Phi) is 6.01. The third-order valence-corrected chi connectivity index (χ3v) is 5.37. The molecule has 0 amide bonds. The van der Waals surface area contributed by atoms with Gasteiger partial charge in [-0.3, -0.25) is 4.98 Å². The molecule has 1 fully saturated rings. The number of hydrogen-bond donors (Lipinski definition) is 1. The predicted molar refractivity (Wildman–Crippen MR) is 115 cm³/mol. The summed E-state index contributed by atoms with van der Waals surface area (Å²) in [6.45, 7) is 2.41. The van der Waals surface area contributed by atoms with Crippen LogP contribution in [0.15, 0.2) is 18.3 Å². The van der Waals surface area contributed by atoms with Gasteiger partial charge < -0.3 is 29.6 Å². The molecule has 2 aromatic heterocycles. The maximum absolute atomic E-state index is 6.30. The average Bonchev–Trinajstić information content (AvgIpc) is 3.21. The van der Waals surface area contributed by atoms with Crippen molar-refractivity contribution in [1.29, 1.82) is 0 Å². The van der Waals surface area contributed by atoms with Crippen molar-refractivity contribution < 1.29 is 18.9 Å². The van der Waals surface area contributed by atoms with Crippen LogP contribution in [0, 0.1) is 0 Å². The van der Waals surface area contributed by atoms with E-state index in [1.807, 2.05) is 12.1 Å². The first-order chi connectivity index (χ1) is 14.7. The monoisotopic (exact) mass is 413 g/mol. The van der Waals surface area contributed by atoms with Crippen LogP contribution in [0.5, 0.6) is 11.5 Å². The van der Waals surface area contributed by atoms with Crippen LogP contribution in [0.25, 0.3) is 21.8 Å². The number of methoxy groups -OCH3 is 3. The lowest BCUT2D eigenvalue weighted by atomic mass is 10.1. The first-order valence-electron chi connectivity index (χ1n) is 9.97. The summed E-state index contributed by atoms with van der Waals surface area (Å²) in [5.74, 6) is 2.24. The Morgan fingerprint density at radius 3 is 2.70 bits per heavy atom. The molecule has 1 atom stereocenters. The zero-order chi connectivity index (χ0) is 21.1. The summed E-state index contributed by atoms with van der Waals surface area (Å²) >= 11 is 0. The van der Waals surface area contributed by atoms with Gasteiger partial charge in [0.05, 0.1) is 42.8 Å². The SMILES string of the molecule is COCCOc1cc2ncc3c(N)nc(N4CCC[C@@H]4COC)nc3c2cc1OC. The van der Waals surface area contributed by atoms with Crippen LogP contribution >= 0.6 is 0 Å². The van der Waals surface area contributed by atoms with Crippen molar-refractivity contribution in [2.75, 3.05) is 58.3 Å². The second-order valence-corrected chi connectivity index (χ2v) is 7.24. The highest BCUT2D eigenvalue weighted by Crippen LogP contribution is 2.36. The van der Waals surface area contributed by atoms with Gasteiger partial charge in [0, 0.05) is 38.4 Å². The summed E-state index contributed by atoms with van der Waals surface area (Å²) in [7, 11) is 4.95. The molecule has 30 heavy (non-hydrogen) atoms. The lowest BCUT2D eigenvalue weighted by Gasteiger charge is -2.24. The van der Waals surface area contributed by atoms with E-state index in [0.29, 0.717) is 48.5 Å². The lowest BCUT2D eigenvalue weighted by Crippen LogP contribution is -2.34. The number of anilines is 2. The second-order valence-electron chi connectivity index (χ2n) is 7.24. The number of benzene rings is 1. The quantitative estimate of drug-likeness (QED) is 0.440. The zero-order valence-electron chi connectivity index (χ0n) is 17.6. The number of aromatic nitrogens is 3. The van der Waals surface area contributed by atoms with Crippen LogP contribution in [-0.4, -0.2) is 68.7 Å². The number of pyridine rings is 1. The van der Waals surface area contributed by atoms with Gasteiger partial charge in [0.2, 0.25) is 5.95 Å². The molecule has 1 aromatic carbocycles. The molecule has 3 heterocycles. The van der Waals surface area contributed by atoms with E-state index in [4.69, 9.17) is 29.7 Å². The van der Waals surface area contributed by atoms with Crippen LogP contribution in [-0.2, 0) is 9.47 Å². The topological polar surface area (TPSA) is 105 Å². The van der Waals surface area contributed by atoms with Crippen molar-refractivity contribution in [3.63, 3.8) is 0 Å². The van der Waals surface area contributed by atoms with Crippen molar-refractivity contribution >= 4 is 33.6 Å². The van der Waals surface area contributed by atoms with Crippen LogP contribution in [0.1, 0.15) is 12.8 Å². The number of hydrogen-bond acceptors (Lipinski definition) is 9. The maximum atomic E-state index is 6.30. The molecule has 9 nitrogen and oxygen atoms in total. The van der Waals surface area contributed by atoms with E-state index in [1.54, 1.807) is 27.5 Å².